The Kier molecular flexibility index (Phi) is 4.23. The van der Waals surface area contributed by atoms with E-state index in [1.165, 1.54) is 11.1 Å². The van der Waals surface area contributed by atoms with Crippen LogP contribution in [0.5, 0.6) is 0 Å². The lowest BCUT2D eigenvalue weighted by Gasteiger charge is -2.20. The minimum atomic E-state index is -0.268. The number of fused-ring (bicyclic) bond motifs is 5. The van der Waals surface area contributed by atoms with E-state index in [0.29, 0.717) is 30.0 Å². The Bertz CT molecular complexity index is 1540. The molecule has 0 radical (unpaired) electrons. The van der Waals surface area contributed by atoms with Crippen LogP contribution in [0.3, 0.4) is 0 Å². The average molecular weight is 434 g/mol. The van der Waals surface area contributed by atoms with Gasteiger partial charge in [-0.1, -0.05) is 71.8 Å². The maximum Gasteiger partial charge on any atom is 0.305 e. The summed E-state index contributed by atoms with van der Waals surface area (Å²) in [4.78, 5) is 17.0. The zero-order valence-corrected chi connectivity index (χ0v) is 18.4. The summed E-state index contributed by atoms with van der Waals surface area (Å²) in [6.07, 6.45) is 0. The number of aromatic nitrogens is 3. The maximum atomic E-state index is 12.2. The molecule has 1 aliphatic rings. The number of nitro groups is 1. The summed E-state index contributed by atoms with van der Waals surface area (Å²) in [7, 11) is 0. The number of aryl methyl sites for hydroxylation is 3. The van der Waals surface area contributed by atoms with Crippen molar-refractivity contribution in [3.63, 3.8) is 0 Å². The Labute approximate surface area is 190 Å². The molecule has 0 aliphatic carbocycles. The van der Waals surface area contributed by atoms with E-state index in [4.69, 9.17) is 4.98 Å². The van der Waals surface area contributed by atoms with E-state index in [-0.39, 0.29) is 10.6 Å². The number of nitrogens with zero attached hydrogens (tertiary/aromatic N) is 4. The molecule has 3 aromatic carbocycles. The van der Waals surface area contributed by atoms with Crippen molar-refractivity contribution in [2.24, 2.45) is 0 Å². The van der Waals surface area contributed by atoms with Gasteiger partial charge in [0.25, 0.3) is 0 Å². The number of para-hydroxylation sites is 1. The van der Waals surface area contributed by atoms with Gasteiger partial charge in [0.15, 0.2) is 11.5 Å². The summed E-state index contributed by atoms with van der Waals surface area (Å²) in [6.45, 7) is 5.47. The molecule has 6 rings (SSSR count). The van der Waals surface area contributed by atoms with Crippen molar-refractivity contribution in [2.45, 2.75) is 26.9 Å². The van der Waals surface area contributed by atoms with E-state index in [1.54, 1.807) is 0 Å². The zero-order valence-electron chi connectivity index (χ0n) is 18.4. The fourth-order valence-electron chi connectivity index (χ4n) is 4.90. The predicted octanol–water partition coefficient (Wildman–Crippen LogP) is 6.38. The first kappa shape index (κ1) is 19.5. The fourth-order valence-corrected chi connectivity index (χ4v) is 4.90. The fraction of sp³-hybridized carbons (Fsp3) is 0.148. The Morgan fingerprint density at radius 3 is 2.06 bits per heavy atom. The first-order valence-electron chi connectivity index (χ1n) is 11.0. The zero-order chi connectivity index (χ0) is 22.7. The van der Waals surface area contributed by atoms with Crippen molar-refractivity contribution < 1.29 is 4.92 Å². The summed E-state index contributed by atoms with van der Waals surface area (Å²) >= 11 is 0. The molecule has 162 valence electrons. The van der Waals surface area contributed by atoms with Crippen LogP contribution in [0.15, 0.2) is 72.8 Å². The Hall–Kier alpha value is -4.19. The molecular formula is C27H22N4O2. The van der Waals surface area contributed by atoms with Gasteiger partial charge in [0.2, 0.25) is 0 Å². The van der Waals surface area contributed by atoms with Crippen LogP contribution < -0.4 is 0 Å². The Morgan fingerprint density at radius 2 is 1.39 bits per heavy atom. The van der Waals surface area contributed by atoms with Crippen LogP contribution in [-0.4, -0.2) is 19.0 Å². The number of rotatable bonds is 3. The second-order valence-corrected chi connectivity index (χ2v) is 8.64. The first-order valence-corrected chi connectivity index (χ1v) is 11.0. The SMILES string of the molecule is Cc1ccc(-c2nc3n(c2-c2ccc(C)cc2)CCn2c-3c([N+](=O)[O-])c3ccccc32)cc1. The van der Waals surface area contributed by atoms with Gasteiger partial charge in [-0.2, -0.15) is 0 Å². The number of hydrogen-bond donors (Lipinski definition) is 0. The first-order chi connectivity index (χ1) is 16.0. The molecule has 0 bridgehead atoms. The standard InChI is InChI=1S/C27H22N4O2/c1-17-7-11-19(12-8-17)23-24(20-13-9-18(2)10-14-20)30-16-15-29-22-6-4-3-5-21(22)25(31(32)33)26(29)27(30)28-23/h3-14H,15-16H2,1-2H3. The molecule has 0 fully saturated rings. The van der Waals surface area contributed by atoms with Crippen molar-refractivity contribution in [2.75, 3.05) is 0 Å². The van der Waals surface area contributed by atoms with Crippen LogP contribution in [-0.2, 0) is 13.1 Å². The second kappa shape index (κ2) is 7.17. The lowest BCUT2D eigenvalue weighted by Crippen LogP contribution is -2.17. The van der Waals surface area contributed by atoms with Crippen molar-refractivity contribution >= 4 is 16.6 Å². The van der Waals surface area contributed by atoms with Gasteiger partial charge < -0.3 is 9.13 Å². The molecule has 6 nitrogen and oxygen atoms in total. The van der Waals surface area contributed by atoms with Gasteiger partial charge >= 0.3 is 5.69 Å². The predicted molar refractivity (Wildman–Crippen MR) is 130 cm³/mol. The summed E-state index contributed by atoms with van der Waals surface area (Å²) < 4.78 is 4.20. The van der Waals surface area contributed by atoms with Crippen molar-refractivity contribution in [3.05, 3.63) is 94.0 Å². The molecule has 5 aromatic rings. The van der Waals surface area contributed by atoms with Crippen LogP contribution >= 0.6 is 0 Å². The number of hydrogen-bond acceptors (Lipinski definition) is 3. The minimum absolute atomic E-state index is 0.127. The van der Waals surface area contributed by atoms with E-state index >= 15 is 0 Å². The molecule has 3 heterocycles. The van der Waals surface area contributed by atoms with Crippen LogP contribution in [0.2, 0.25) is 0 Å². The van der Waals surface area contributed by atoms with Crippen molar-refractivity contribution in [1.82, 2.24) is 14.1 Å². The average Bonchev–Trinajstić information content (AvgIpc) is 3.36. The summed E-state index contributed by atoms with van der Waals surface area (Å²) in [5.74, 6) is 0.648. The highest BCUT2D eigenvalue weighted by Crippen LogP contribution is 2.45. The van der Waals surface area contributed by atoms with Gasteiger partial charge in [-0.05, 0) is 26.0 Å². The van der Waals surface area contributed by atoms with Crippen LogP contribution in [0.1, 0.15) is 11.1 Å². The van der Waals surface area contributed by atoms with Gasteiger partial charge in [0, 0.05) is 24.2 Å². The smallest absolute Gasteiger partial charge is 0.305 e. The largest absolute Gasteiger partial charge is 0.330 e. The van der Waals surface area contributed by atoms with Crippen LogP contribution in [0.4, 0.5) is 5.69 Å². The number of benzene rings is 3. The molecule has 0 atom stereocenters. The molecule has 0 saturated carbocycles. The Balaban J connectivity index is 1.70. The molecule has 1 aliphatic heterocycles. The van der Waals surface area contributed by atoms with E-state index < -0.39 is 0 Å². The third-order valence-electron chi connectivity index (χ3n) is 6.50. The second-order valence-electron chi connectivity index (χ2n) is 8.64. The molecule has 0 spiro atoms. The Morgan fingerprint density at radius 1 is 0.788 bits per heavy atom. The molecule has 0 amide bonds. The minimum Gasteiger partial charge on any atom is -0.330 e. The molecule has 0 N–H and O–H groups in total. The monoisotopic (exact) mass is 434 g/mol. The number of imidazole rings is 1. The summed E-state index contributed by atoms with van der Waals surface area (Å²) in [6, 6.07) is 24.3. The highest BCUT2D eigenvalue weighted by atomic mass is 16.6. The molecule has 33 heavy (non-hydrogen) atoms. The summed E-state index contributed by atoms with van der Waals surface area (Å²) in [5, 5.41) is 12.9. The van der Waals surface area contributed by atoms with Crippen molar-refractivity contribution in [3.8, 4) is 34.0 Å². The lowest BCUT2D eigenvalue weighted by atomic mass is 10.0. The maximum absolute atomic E-state index is 12.2. The highest BCUT2D eigenvalue weighted by molar-refractivity contribution is 5.98. The molecular weight excluding hydrogens is 412 g/mol. The normalized spacial score (nSPS) is 12.5. The molecule has 0 unspecified atom stereocenters. The van der Waals surface area contributed by atoms with Crippen LogP contribution in [0, 0.1) is 24.0 Å². The molecule has 6 heteroatoms. The lowest BCUT2D eigenvalue weighted by molar-refractivity contribution is -0.382. The van der Waals surface area contributed by atoms with E-state index in [1.807, 2.05) is 28.8 Å². The summed E-state index contributed by atoms with van der Waals surface area (Å²) in [5.41, 5.74) is 7.86. The third-order valence-corrected chi connectivity index (χ3v) is 6.50. The van der Waals surface area contributed by atoms with E-state index in [2.05, 4.69) is 66.9 Å². The van der Waals surface area contributed by atoms with Crippen LogP contribution in [0.25, 0.3) is 44.9 Å². The van der Waals surface area contributed by atoms with Gasteiger partial charge in [0.1, 0.15) is 0 Å². The van der Waals surface area contributed by atoms with E-state index in [9.17, 15) is 10.1 Å². The third kappa shape index (κ3) is 2.91. The molecule has 2 aromatic heterocycles. The topological polar surface area (TPSA) is 65.9 Å². The van der Waals surface area contributed by atoms with Gasteiger partial charge in [-0.3, -0.25) is 10.1 Å². The highest BCUT2D eigenvalue weighted by Gasteiger charge is 2.35. The van der Waals surface area contributed by atoms with Gasteiger partial charge in [0.05, 0.1) is 27.2 Å². The molecule has 0 saturated heterocycles. The van der Waals surface area contributed by atoms with Gasteiger partial charge in [-0.15, -0.1) is 0 Å². The quantitative estimate of drug-likeness (QED) is 0.244. The van der Waals surface area contributed by atoms with Crippen molar-refractivity contribution in [1.29, 1.82) is 0 Å². The van der Waals surface area contributed by atoms with Gasteiger partial charge in [-0.25, -0.2) is 4.98 Å². The van der Waals surface area contributed by atoms with E-state index in [0.717, 1.165) is 28.0 Å².